The molecule has 0 bridgehead atoms. The fraction of sp³-hybridized carbons (Fsp3) is 0.0909. The number of benzene rings is 2. The van der Waals surface area contributed by atoms with Crippen molar-refractivity contribution in [1.29, 1.82) is 0 Å². The molecule has 4 rings (SSSR count). The molecule has 0 aliphatic rings. The number of para-hydroxylation sites is 2. The molecule has 4 aromatic rings. The molecule has 0 saturated heterocycles. The quantitative estimate of drug-likeness (QED) is 0.482. The minimum absolute atomic E-state index is 0. The Hall–Kier alpha value is -3.61. The Morgan fingerprint density at radius 3 is 2.21 bits per heavy atom. The van der Waals surface area contributed by atoms with E-state index in [2.05, 4.69) is 10.3 Å². The van der Waals surface area contributed by atoms with Crippen molar-refractivity contribution in [2.45, 2.75) is 13.1 Å². The molecular weight excluding hydrogens is 379 g/mol. The minimum atomic E-state index is -4.74. The number of aryl methyl sites for hydroxylation is 1. The number of hydrogen-bond acceptors (Lipinski definition) is 3. The van der Waals surface area contributed by atoms with Crippen molar-refractivity contribution < 1.29 is 14.6 Å². The van der Waals surface area contributed by atoms with Crippen molar-refractivity contribution in [3.8, 4) is 5.69 Å². The van der Waals surface area contributed by atoms with Gasteiger partial charge in [-0.3, -0.25) is 9.36 Å². The third-order valence-electron chi connectivity index (χ3n) is 4.45. The van der Waals surface area contributed by atoms with Crippen LogP contribution in [-0.4, -0.2) is 9.55 Å². The highest BCUT2D eigenvalue weighted by Crippen LogP contribution is 2.34. The summed E-state index contributed by atoms with van der Waals surface area (Å²) in [5, 5.41) is 2.69. The lowest BCUT2D eigenvalue weighted by Crippen LogP contribution is -2.19. The second kappa shape index (κ2) is 7.09. The first-order valence-electron chi connectivity index (χ1n) is 8.87. The van der Waals surface area contributed by atoms with Crippen LogP contribution >= 0.6 is 0 Å². The maximum atomic E-state index is 13.6. The van der Waals surface area contributed by atoms with Crippen molar-refractivity contribution in [2.75, 3.05) is 5.32 Å². The Bertz CT molecular complexity index is 1240. The number of fused-ring (bicyclic) bond motifs is 1. The van der Waals surface area contributed by atoms with Gasteiger partial charge in [0, 0.05) is 24.6 Å². The molecule has 148 valence electrons. The Labute approximate surface area is 165 Å². The Morgan fingerprint density at radius 2 is 1.59 bits per heavy atom. The van der Waals surface area contributed by atoms with Crippen molar-refractivity contribution >= 4 is 22.4 Å². The van der Waals surface area contributed by atoms with E-state index in [0.29, 0.717) is 17.2 Å². The number of hydrogen-bond donors (Lipinski definition) is 1. The van der Waals surface area contributed by atoms with E-state index in [0.717, 1.165) is 0 Å². The lowest BCUT2D eigenvalue weighted by molar-refractivity contribution is -0.139. The van der Waals surface area contributed by atoms with Gasteiger partial charge in [0.05, 0.1) is 10.9 Å². The maximum Gasteiger partial charge on any atom is 0.434 e. The molecule has 0 atom stereocenters. The summed E-state index contributed by atoms with van der Waals surface area (Å²) in [7, 11) is 0. The molecule has 29 heavy (non-hydrogen) atoms. The highest BCUT2D eigenvalue weighted by molar-refractivity contribution is 5.86. The molecule has 0 amide bonds. The third-order valence-corrected chi connectivity index (χ3v) is 4.45. The molecule has 2 aromatic heterocycles. The van der Waals surface area contributed by atoms with Gasteiger partial charge in [-0.2, -0.15) is 13.2 Å². The van der Waals surface area contributed by atoms with Crippen LogP contribution in [-0.2, 0) is 6.18 Å². The van der Waals surface area contributed by atoms with E-state index in [-0.39, 0.29) is 12.6 Å². The molecule has 4 nitrogen and oxygen atoms in total. The molecule has 0 saturated carbocycles. The van der Waals surface area contributed by atoms with Gasteiger partial charge in [-0.1, -0.05) is 36.4 Å². The smallest absolute Gasteiger partial charge is 0.341 e. The van der Waals surface area contributed by atoms with Crippen LogP contribution in [0.4, 0.5) is 24.7 Å². The van der Waals surface area contributed by atoms with Crippen molar-refractivity contribution in [2.24, 2.45) is 0 Å². The van der Waals surface area contributed by atoms with Gasteiger partial charge in [0.15, 0.2) is 11.1 Å². The van der Waals surface area contributed by atoms with Crippen LogP contribution < -0.4 is 10.7 Å². The maximum absolute atomic E-state index is 13.6. The summed E-state index contributed by atoms with van der Waals surface area (Å²) in [6.07, 6.45) is -4.74. The first kappa shape index (κ1) is 18.7. The van der Waals surface area contributed by atoms with Gasteiger partial charge in [0.2, 0.25) is 0 Å². The summed E-state index contributed by atoms with van der Waals surface area (Å²) in [5.74, 6) is 0.360. The van der Waals surface area contributed by atoms with Gasteiger partial charge in [0.25, 0.3) is 0 Å². The van der Waals surface area contributed by atoms with E-state index in [4.69, 9.17) is 0 Å². The minimum Gasteiger partial charge on any atom is -0.341 e. The van der Waals surface area contributed by atoms with Crippen LogP contribution in [0.5, 0.6) is 0 Å². The predicted molar refractivity (Wildman–Crippen MR) is 109 cm³/mol. The van der Waals surface area contributed by atoms with Gasteiger partial charge in [-0.05, 0) is 37.3 Å². The van der Waals surface area contributed by atoms with Crippen molar-refractivity contribution in [3.05, 3.63) is 94.4 Å². The predicted octanol–water partition coefficient (Wildman–Crippen LogP) is 5.70. The average molecular weight is 397 g/mol. The number of pyridine rings is 2. The van der Waals surface area contributed by atoms with E-state index in [1.54, 1.807) is 28.8 Å². The molecule has 7 heteroatoms. The number of nitrogens with zero attached hydrogens (tertiary/aromatic N) is 2. The molecule has 0 aliphatic carbocycles. The third kappa shape index (κ3) is 3.59. The zero-order valence-electron chi connectivity index (χ0n) is 15.4. The fourth-order valence-electron chi connectivity index (χ4n) is 3.29. The summed E-state index contributed by atoms with van der Waals surface area (Å²) >= 11 is 0. The number of halogens is 3. The Morgan fingerprint density at radius 1 is 0.966 bits per heavy atom. The van der Waals surface area contributed by atoms with Crippen LogP contribution in [0.2, 0.25) is 0 Å². The Kier molecular flexibility index (Phi) is 4.58. The van der Waals surface area contributed by atoms with E-state index >= 15 is 0 Å². The summed E-state index contributed by atoms with van der Waals surface area (Å²) in [6, 6.07) is 20.7. The lowest BCUT2D eigenvalue weighted by atomic mass is 10.1. The molecule has 0 spiro atoms. The lowest BCUT2D eigenvalue weighted by Gasteiger charge is -2.20. The van der Waals surface area contributed by atoms with Gasteiger partial charge < -0.3 is 5.32 Å². The van der Waals surface area contributed by atoms with Crippen LogP contribution in [0.15, 0.2) is 77.6 Å². The number of rotatable bonds is 3. The molecule has 0 aliphatic heterocycles. The molecular formula is C22H18F3N3O. The Balaban J connectivity index is 0.00000256. The second-order valence-electron chi connectivity index (χ2n) is 6.56. The van der Waals surface area contributed by atoms with Crippen LogP contribution in [0.3, 0.4) is 0 Å². The highest BCUT2D eigenvalue weighted by Gasteiger charge is 2.36. The largest absolute Gasteiger partial charge is 0.434 e. The summed E-state index contributed by atoms with van der Waals surface area (Å²) in [6.45, 7) is 1.48. The normalized spacial score (nSPS) is 11.6. The molecule has 0 radical (unpaired) electrons. The van der Waals surface area contributed by atoms with E-state index < -0.39 is 22.7 Å². The zero-order chi connectivity index (χ0) is 20.6. The summed E-state index contributed by atoms with van der Waals surface area (Å²) in [4.78, 5) is 16.4. The van der Waals surface area contributed by atoms with Crippen molar-refractivity contribution in [3.63, 3.8) is 0 Å². The number of nitrogens with one attached hydrogen (secondary N) is 1. The first-order chi connectivity index (χ1) is 13.8. The molecule has 2 aromatic carbocycles. The first-order valence-corrected chi connectivity index (χ1v) is 8.87. The van der Waals surface area contributed by atoms with Crippen LogP contribution in [0.25, 0.3) is 16.6 Å². The van der Waals surface area contributed by atoms with Gasteiger partial charge in [-0.15, -0.1) is 0 Å². The fourth-order valence-corrected chi connectivity index (χ4v) is 3.29. The highest BCUT2D eigenvalue weighted by atomic mass is 19.4. The monoisotopic (exact) mass is 397 g/mol. The summed E-state index contributed by atoms with van der Waals surface area (Å²) in [5.41, 5.74) is -0.279. The van der Waals surface area contributed by atoms with E-state index in [1.807, 2.05) is 36.4 Å². The summed E-state index contributed by atoms with van der Waals surface area (Å²) < 4.78 is 42.5. The van der Waals surface area contributed by atoms with Gasteiger partial charge in [0.1, 0.15) is 5.82 Å². The number of aromatic nitrogens is 2. The van der Waals surface area contributed by atoms with Crippen LogP contribution in [0, 0.1) is 6.92 Å². The molecule has 0 fully saturated rings. The van der Waals surface area contributed by atoms with Crippen molar-refractivity contribution in [1.82, 2.24) is 9.55 Å². The zero-order valence-corrected chi connectivity index (χ0v) is 15.4. The number of anilines is 2. The number of alkyl halides is 3. The molecule has 2 heterocycles. The van der Waals surface area contributed by atoms with Crippen LogP contribution in [0.1, 0.15) is 12.8 Å². The topological polar surface area (TPSA) is 46.9 Å². The second-order valence-corrected chi connectivity index (χ2v) is 6.56. The van der Waals surface area contributed by atoms with E-state index in [1.165, 1.54) is 19.1 Å². The average Bonchev–Trinajstić information content (AvgIpc) is 2.68. The van der Waals surface area contributed by atoms with Gasteiger partial charge >= 0.3 is 6.18 Å². The van der Waals surface area contributed by atoms with E-state index in [9.17, 15) is 18.0 Å². The van der Waals surface area contributed by atoms with Gasteiger partial charge in [-0.25, -0.2) is 4.98 Å². The molecule has 0 unspecified atom stereocenters. The molecule has 1 N–H and O–H groups in total. The standard InChI is InChI=1S/C22H16F3N3O.H2/c1-14-12-17-20(21(26-14)22(23,24)25)18(29)13-19(27-15-8-4-2-5-9-15)28(17)16-10-6-3-7-11-16;/h2-13,27H,1H3;1H. The SMILES string of the molecule is Cc1cc2c(c(C(F)(F)F)n1)c(=O)cc(Nc1ccccc1)n2-c1ccccc1.[HH].